The van der Waals surface area contributed by atoms with Gasteiger partial charge in [-0.15, -0.1) is 0 Å². The molecule has 0 aliphatic rings. The second-order valence-electron chi connectivity index (χ2n) is 12.9. The molecular weight excluding hydrogens is 470 g/mol. The minimum absolute atomic E-state index is 0. The standard InChI is InChI=1S/C35H74N.ClH/c1-5-7-9-11-13-15-17-19-21-23-25-27-29-31-33-35-36(3,4)34-32-30-28-26-24-22-20-18-16-14-12-10-8-6-2;/h5-35H2,1-4H3;1H/q+1;/p-1. The molecule has 0 spiro atoms. The van der Waals surface area contributed by atoms with Gasteiger partial charge in [-0.2, -0.15) is 0 Å². The summed E-state index contributed by atoms with van der Waals surface area (Å²) in [7, 11) is 4.93. The molecule has 0 bridgehead atoms. The zero-order valence-corrected chi connectivity index (χ0v) is 27.5. The third-order valence-corrected chi connectivity index (χ3v) is 8.48. The molecule has 2 heteroatoms. The van der Waals surface area contributed by atoms with Gasteiger partial charge in [0.2, 0.25) is 0 Å². The first-order chi connectivity index (χ1) is 17.6. The Balaban J connectivity index is 0. The number of quaternary nitrogens is 1. The maximum Gasteiger partial charge on any atom is 0.0782 e. The summed E-state index contributed by atoms with van der Waals surface area (Å²) in [5, 5.41) is 0. The normalized spacial score (nSPS) is 11.7. The molecule has 1 nitrogen and oxygen atoms in total. The summed E-state index contributed by atoms with van der Waals surface area (Å²) < 4.78 is 1.25. The highest BCUT2D eigenvalue weighted by Crippen LogP contribution is 2.16. The quantitative estimate of drug-likeness (QED) is 0.0603. The van der Waals surface area contributed by atoms with E-state index in [1.165, 1.54) is 204 Å². The molecule has 0 atom stereocenters. The molecule has 0 saturated heterocycles. The van der Waals surface area contributed by atoms with E-state index in [1.54, 1.807) is 0 Å². The third kappa shape index (κ3) is 34.2. The fraction of sp³-hybridized carbons (Fsp3) is 1.00. The molecular formula is C35H74ClN. The summed E-state index contributed by atoms with van der Waals surface area (Å²) in [4.78, 5) is 0. The Morgan fingerprint density at radius 3 is 0.622 bits per heavy atom. The monoisotopic (exact) mass is 544 g/mol. The van der Waals surface area contributed by atoms with E-state index >= 15 is 0 Å². The van der Waals surface area contributed by atoms with Crippen LogP contribution in [0.5, 0.6) is 0 Å². The van der Waals surface area contributed by atoms with Crippen LogP contribution in [0.2, 0.25) is 0 Å². The van der Waals surface area contributed by atoms with Crippen LogP contribution < -0.4 is 12.4 Å². The molecule has 0 amide bonds. The molecule has 0 radical (unpaired) electrons. The maximum absolute atomic E-state index is 2.46. The highest BCUT2D eigenvalue weighted by Gasteiger charge is 2.13. The molecule has 0 aromatic rings. The van der Waals surface area contributed by atoms with Crippen molar-refractivity contribution in [2.45, 2.75) is 200 Å². The summed E-state index contributed by atoms with van der Waals surface area (Å²) in [5.74, 6) is 0. The number of nitrogens with zero attached hydrogens (tertiary/aromatic N) is 1. The van der Waals surface area contributed by atoms with E-state index in [1.807, 2.05) is 0 Å². The smallest absolute Gasteiger partial charge is 0.0782 e. The Bertz CT molecular complexity index is 395. The number of halogens is 1. The van der Waals surface area contributed by atoms with Crippen LogP contribution in [0.25, 0.3) is 0 Å². The van der Waals surface area contributed by atoms with E-state index in [2.05, 4.69) is 27.9 Å². The van der Waals surface area contributed by atoms with Crippen molar-refractivity contribution in [3.8, 4) is 0 Å². The summed E-state index contributed by atoms with van der Waals surface area (Å²) in [6.07, 6.45) is 42.4. The van der Waals surface area contributed by atoms with E-state index in [4.69, 9.17) is 0 Å². The lowest BCUT2D eigenvalue weighted by Crippen LogP contribution is -3.00. The van der Waals surface area contributed by atoms with Gasteiger partial charge in [0.25, 0.3) is 0 Å². The summed E-state index contributed by atoms with van der Waals surface area (Å²) in [6.45, 7) is 7.39. The topological polar surface area (TPSA) is 0 Å². The van der Waals surface area contributed by atoms with Crippen molar-refractivity contribution >= 4 is 0 Å². The van der Waals surface area contributed by atoms with Crippen molar-refractivity contribution in [2.24, 2.45) is 0 Å². The fourth-order valence-corrected chi connectivity index (χ4v) is 5.76. The Kier molecular flexibility index (Phi) is 34.6. The first kappa shape index (κ1) is 39.4. The molecule has 0 unspecified atom stereocenters. The second-order valence-corrected chi connectivity index (χ2v) is 12.9. The van der Waals surface area contributed by atoms with Gasteiger partial charge in [0, 0.05) is 0 Å². The summed E-state index contributed by atoms with van der Waals surface area (Å²) >= 11 is 0. The van der Waals surface area contributed by atoms with Gasteiger partial charge >= 0.3 is 0 Å². The van der Waals surface area contributed by atoms with E-state index in [9.17, 15) is 0 Å². The van der Waals surface area contributed by atoms with Gasteiger partial charge in [0.05, 0.1) is 27.2 Å². The first-order valence-electron chi connectivity index (χ1n) is 17.4. The lowest BCUT2D eigenvalue weighted by molar-refractivity contribution is -0.890. The molecule has 0 N–H and O–H groups in total. The molecule has 37 heavy (non-hydrogen) atoms. The van der Waals surface area contributed by atoms with E-state index in [-0.39, 0.29) is 12.4 Å². The number of hydrogen-bond acceptors (Lipinski definition) is 0. The van der Waals surface area contributed by atoms with Crippen LogP contribution in [0.15, 0.2) is 0 Å². The van der Waals surface area contributed by atoms with Gasteiger partial charge in [-0.25, -0.2) is 0 Å². The molecule has 0 aromatic carbocycles. The van der Waals surface area contributed by atoms with Crippen LogP contribution in [0.1, 0.15) is 200 Å². The van der Waals surface area contributed by atoms with Crippen molar-refractivity contribution in [3.63, 3.8) is 0 Å². The zero-order valence-electron chi connectivity index (χ0n) is 26.7. The third-order valence-electron chi connectivity index (χ3n) is 8.48. The van der Waals surface area contributed by atoms with Gasteiger partial charge in [-0.3, -0.25) is 0 Å². The minimum atomic E-state index is 0. The average molecular weight is 544 g/mol. The molecule has 0 aromatic heterocycles. The highest BCUT2D eigenvalue weighted by atomic mass is 35.5. The van der Waals surface area contributed by atoms with Crippen molar-refractivity contribution in [1.82, 2.24) is 0 Å². The van der Waals surface area contributed by atoms with Crippen LogP contribution in [0.4, 0.5) is 0 Å². The minimum Gasteiger partial charge on any atom is -1.00 e. The van der Waals surface area contributed by atoms with Crippen LogP contribution in [-0.2, 0) is 0 Å². The summed E-state index contributed by atoms with van der Waals surface area (Å²) in [5.41, 5.74) is 0. The zero-order chi connectivity index (χ0) is 26.4. The molecule has 0 fully saturated rings. The number of unbranched alkanes of at least 4 members (excludes halogenated alkanes) is 27. The Morgan fingerprint density at radius 1 is 0.270 bits per heavy atom. The van der Waals surface area contributed by atoms with Crippen LogP contribution in [0, 0.1) is 0 Å². The molecule has 0 aliphatic heterocycles. The van der Waals surface area contributed by atoms with Gasteiger partial charge in [-0.05, 0) is 25.7 Å². The lowest BCUT2D eigenvalue weighted by Gasteiger charge is -2.30. The maximum atomic E-state index is 2.46. The van der Waals surface area contributed by atoms with Gasteiger partial charge in [-0.1, -0.05) is 174 Å². The second kappa shape index (κ2) is 32.5. The van der Waals surface area contributed by atoms with Crippen LogP contribution in [0.3, 0.4) is 0 Å². The Labute approximate surface area is 243 Å². The Morgan fingerprint density at radius 2 is 0.432 bits per heavy atom. The van der Waals surface area contributed by atoms with E-state index < -0.39 is 0 Å². The molecule has 226 valence electrons. The molecule has 0 aliphatic carbocycles. The van der Waals surface area contributed by atoms with Crippen molar-refractivity contribution < 1.29 is 16.9 Å². The average Bonchev–Trinajstić information content (AvgIpc) is 2.86. The number of rotatable bonds is 31. The fourth-order valence-electron chi connectivity index (χ4n) is 5.76. The van der Waals surface area contributed by atoms with Gasteiger partial charge in [0.1, 0.15) is 0 Å². The molecule has 0 rings (SSSR count). The molecule has 0 heterocycles. The molecule has 0 saturated carbocycles. The van der Waals surface area contributed by atoms with Crippen molar-refractivity contribution in [2.75, 3.05) is 27.2 Å². The van der Waals surface area contributed by atoms with E-state index in [0.717, 1.165) is 0 Å². The van der Waals surface area contributed by atoms with Gasteiger partial charge in [0.15, 0.2) is 0 Å². The lowest BCUT2D eigenvalue weighted by atomic mass is 10.0. The predicted octanol–water partition coefficient (Wildman–Crippen LogP) is 9.42. The number of hydrogen-bond donors (Lipinski definition) is 0. The highest BCUT2D eigenvalue weighted by molar-refractivity contribution is 4.51. The predicted molar refractivity (Wildman–Crippen MR) is 167 cm³/mol. The largest absolute Gasteiger partial charge is 1.00 e. The SMILES string of the molecule is CCCCCCCCCCCCCCCCC[N+](C)(C)CCCCCCCCCCCCCCCC.[Cl-]. The van der Waals surface area contributed by atoms with Crippen molar-refractivity contribution in [3.05, 3.63) is 0 Å². The van der Waals surface area contributed by atoms with Crippen LogP contribution in [-0.4, -0.2) is 31.7 Å². The van der Waals surface area contributed by atoms with Gasteiger partial charge < -0.3 is 16.9 Å². The Hall–Kier alpha value is 0.250. The first-order valence-corrected chi connectivity index (χ1v) is 17.4. The summed E-state index contributed by atoms with van der Waals surface area (Å²) in [6, 6.07) is 0. The van der Waals surface area contributed by atoms with Crippen LogP contribution >= 0.6 is 0 Å². The van der Waals surface area contributed by atoms with E-state index in [0.29, 0.717) is 0 Å². The van der Waals surface area contributed by atoms with Crippen molar-refractivity contribution in [1.29, 1.82) is 0 Å².